The van der Waals surface area contributed by atoms with Gasteiger partial charge >= 0.3 is 0 Å². The SMILES string of the molecule is Cc1nnc([C@@H]2CN(C(=O)Cn3cc(C)c4ccccc43)CCO2)o1. The highest BCUT2D eigenvalue weighted by Crippen LogP contribution is 2.23. The van der Waals surface area contributed by atoms with E-state index in [4.69, 9.17) is 9.15 Å². The standard InChI is InChI=1S/C18H20N4O3/c1-12-9-22(15-6-4-3-5-14(12)15)11-17(23)21-7-8-24-16(10-21)18-20-19-13(2)25-18/h3-6,9,16H,7-8,10-11H2,1-2H3/t16-/m0/s1. The zero-order valence-corrected chi connectivity index (χ0v) is 14.3. The minimum Gasteiger partial charge on any atom is -0.423 e. The van der Waals surface area contributed by atoms with Gasteiger partial charge in [0.1, 0.15) is 6.54 Å². The number of nitrogens with zero attached hydrogens (tertiary/aromatic N) is 4. The minimum atomic E-state index is -0.359. The number of fused-ring (bicyclic) bond motifs is 1. The first-order valence-corrected chi connectivity index (χ1v) is 8.35. The lowest BCUT2D eigenvalue weighted by molar-refractivity contribution is -0.140. The number of aromatic nitrogens is 3. The predicted octanol–water partition coefficient (Wildman–Crippen LogP) is 2.24. The van der Waals surface area contributed by atoms with Crippen molar-refractivity contribution in [2.45, 2.75) is 26.5 Å². The summed E-state index contributed by atoms with van der Waals surface area (Å²) in [6, 6.07) is 8.12. The summed E-state index contributed by atoms with van der Waals surface area (Å²) in [4.78, 5) is 14.6. The van der Waals surface area contributed by atoms with Gasteiger partial charge in [-0.15, -0.1) is 10.2 Å². The summed E-state index contributed by atoms with van der Waals surface area (Å²) in [6.07, 6.45) is 1.67. The van der Waals surface area contributed by atoms with E-state index in [1.54, 1.807) is 11.8 Å². The lowest BCUT2D eigenvalue weighted by Crippen LogP contribution is -2.43. The smallest absolute Gasteiger partial charge is 0.246 e. The van der Waals surface area contributed by atoms with Crippen LogP contribution in [0.1, 0.15) is 23.4 Å². The maximum Gasteiger partial charge on any atom is 0.246 e. The van der Waals surface area contributed by atoms with Crippen LogP contribution in [0.3, 0.4) is 0 Å². The van der Waals surface area contributed by atoms with Crippen LogP contribution in [-0.4, -0.2) is 45.3 Å². The van der Waals surface area contributed by atoms with Crippen molar-refractivity contribution < 1.29 is 13.9 Å². The number of morpholine rings is 1. The molecular weight excluding hydrogens is 320 g/mol. The Bertz CT molecular complexity index is 914. The molecule has 3 aromatic rings. The third-order valence-electron chi connectivity index (χ3n) is 4.53. The second kappa shape index (κ2) is 6.33. The lowest BCUT2D eigenvalue weighted by Gasteiger charge is -2.31. The molecule has 0 N–H and O–H groups in total. The van der Waals surface area contributed by atoms with E-state index in [1.165, 1.54) is 10.9 Å². The number of carbonyl (C=O) groups is 1. The monoisotopic (exact) mass is 340 g/mol. The molecule has 1 aliphatic heterocycles. The second-order valence-corrected chi connectivity index (χ2v) is 6.32. The molecule has 7 nitrogen and oxygen atoms in total. The van der Waals surface area contributed by atoms with Crippen LogP contribution < -0.4 is 0 Å². The molecule has 0 saturated carbocycles. The summed E-state index contributed by atoms with van der Waals surface area (Å²) in [6.45, 7) is 5.57. The number of ether oxygens (including phenoxy) is 1. The van der Waals surface area contributed by atoms with Crippen LogP contribution >= 0.6 is 0 Å². The van der Waals surface area contributed by atoms with Gasteiger partial charge in [-0.05, 0) is 18.6 Å². The van der Waals surface area contributed by atoms with Crippen molar-refractivity contribution >= 4 is 16.8 Å². The Morgan fingerprint density at radius 1 is 1.28 bits per heavy atom. The van der Waals surface area contributed by atoms with Gasteiger partial charge in [0.05, 0.1) is 13.2 Å². The van der Waals surface area contributed by atoms with Crippen molar-refractivity contribution in [2.24, 2.45) is 0 Å². The molecule has 1 aromatic carbocycles. The van der Waals surface area contributed by atoms with Crippen LogP contribution in [0.5, 0.6) is 0 Å². The molecule has 1 atom stereocenters. The van der Waals surface area contributed by atoms with Gasteiger partial charge in [-0.3, -0.25) is 4.79 Å². The Balaban J connectivity index is 1.50. The van der Waals surface area contributed by atoms with E-state index in [9.17, 15) is 4.79 Å². The van der Waals surface area contributed by atoms with Gasteiger partial charge in [0, 0.05) is 30.6 Å². The number of carbonyl (C=O) groups excluding carboxylic acids is 1. The molecule has 25 heavy (non-hydrogen) atoms. The summed E-state index contributed by atoms with van der Waals surface area (Å²) in [5, 5.41) is 9.02. The molecule has 0 radical (unpaired) electrons. The Morgan fingerprint density at radius 2 is 2.12 bits per heavy atom. The van der Waals surface area contributed by atoms with Crippen LogP contribution in [0.2, 0.25) is 0 Å². The van der Waals surface area contributed by atoms with E-state index in [1.807, 2.05) is 29.0 Å². The first kappa shape index (κ1) is 15.8. The largest absolute Gasteiger partial charge is 0.423 e. The fourth-order valence-corrected chi connectivity index (χ4v) is 3.27. The molecule has 1 aliphatic rings. The molecule has 4 rings (SSSR count). The maximum atomic E-state index is 12.8. The highest BCUT2D eigenvalue weighted by Gasteiger charge is 2.29. The zero-order valence-electron chi connectivity index (χ0n) is 14.3. The van der Waals surface area contributed by atoms with Crippen molar-refractivity contribution in [3.05, 3.63) is 47.8 Å². The van der Waals surface area contributed by atoms with E-state index in [2.05, 4.69) is 23.2 Å². The Hall–Kier alpha value is -2.67. The Kier molecular flexibility index (Phi) is 4.01. The summed E-state index contributed by atoms with van der Waals surface area (Å²) in [5.41, 5.74) is 2.25. The third-order valence-corrected chi connectivity index (χ3v) is 4.53. The van der Waals surface area contributed by atoms with Crippen LogP contribution in [-0.2, 0) is 16.1 Å². The number of aryl methyl sites for hydroxylation is 2. The maximum absolute atomic E-state index is 12.8. The summed E-state index contributed by atoms with van der Waals surface area (Å²) in [5.74, 6) is 0.985. The third kappa shape index (κ3) is 3.02. The molecule has 1 saturated heterocycles. The second-order valence-electron chi connectivity index (χ2n) is 6.32. The molecule has 1 fully saturated rings. The van der Waals surface area contributed by atoms with Crippen LogP contribution in [0.4, 0.5) is 0 Å². The molecule has 0 aliphatic carbocycles. The number of benzene rings is 1. The first-order chi connectivity index (χ1) is 12.1. The van der Waals surface area contributed by atoms with Gasteiger partial charge in [0.15, 0.2) is 6.10 Å². The normalized spacial score (nSPS) is 18.0. The first-order valence-electron chi connectivity index (χ1n) is 8.35. The van der Waals surface area contributed by atoms with Gasteiger partial charge in [-0.2, -0.15) is 0 Å². The van der Waals surface area contributed by atoms with Crippen molar-refractivity contribution in [1.29, 1.82) is 0 Å². The van der Waals surface area contributed by atoms with E-state index in [0.29, 0.717) is 38.0 Å². The zero-order chi connectivity index (χ0) is 17.4. The van der Waals surface area contributed by atoms with Crippen LogP contribution in [0.25, 0.3) is 10.9 Å². The van der Waals surface area contributed by atoms with Gasteiger partial charge in [0.2, 0.25) is 17.7 Å². The molecule has 2 aromatic heterocycles. The molecule has 3 heterocycles. The topological polar surface area (TPSA) is 73.4 Å². The molecule has 0 spiro atoms. The molecule has 1 amide bonds. The van der Waals surface area contributed by atoms with Crippen LogP contribution in [0, 0.1) is 13.8 Å². The lowest BCUT2D eigenvalue weighted by atomic mass is 10.2. The minimum absolute atomic E-state index is 0.0605. The number of para-hydroxylation sites is 1. The Labute approximate surface area is 145 Å². The van der Waals surface area contributed by atoms with Crippen molar-refractivity contribution in [3.8, 4) is 0 Å². The molecule has 0 unspecified atom stereocenters. The predicted molar refractivity (Wildman–Crippen MR) is 91.0 cm³/mol. The number of hydrogen-bond donors (Lipinski definition) is 0. The highest BCUT2D eigenvalue weighted by molar-refractivity contribution is 5.86. The summed E-state index contributed by atoms with van der Waals surface area (Å²) in [7, 11) is 0. The van der Waals surface area contributed by atoms with Gasteiger partial charge < -0.3 is 18.6 Å². The number of hydrogen-bond acceptors (Lipinski definition) is 5. The van der Waals surface area contributed by atoms with Crippen molar-refractivity contribution in [1.82, 2.24) is 19.7 Å². The average molecular weight is 340 g/mol. The number of rotatable bonds is 3. The van der Waals surface area contributed by atoms with Gasteiger partial charge in [0.25, 0.3) is 0 Å². The highest BCUT2D eigenvalue weighted by atomic mass is 16.5. The molecular formula is C18H20N4O3. The fourth-order valence-electron chi connectivity index (χ4n) is 3.27. The number of amides is 1. The van der Waals surface area contributed by atoms with E-state index < -0.39 is 0 Å². The van der Waals surface area contributed by atoms with Crippen molar-refractivity contribution in [2.75, 3.05) is 19.7 Å². The van der Waals surface area contributed by atoms with E-state index in [-0.39, 0.29) is 12.0 Å². The van der Waals surface area contributed by atoms with E-state index >= 15 is 0 Å². The fraction of sp³-hybridized carbons (Fsp3) is 0.389. The average Bonchev–Trinajstić information content (AvgIpc) is 3.20. The molecule has 0 bridgehead atoms. The van der Waals surface area contributed by atoms with E-state index in [0.717, 1.165) is 5.52 Å². The molecule has 130 valence electrons. The molecule has 7 heteroatoms. The van der Waals surface area contributed by atoms with Crippen molar-refractivity contribution in [3.63, 3.8) is 0 Å². The quantitative estimate of drug-likeness (QED) is 0.731. The Morgan fingerprint density at radius 3 is 2.92 bits per heavy atom. The summed E-state index contributed by atoms with van der Waals surface area (Å²) >= 11 is 0. The van der Waals surface area contributed by atoms with Crippen LogP contribution in [0.15, 0.2) is 34.9 Å². The van der Waals surface area contributed by atoms with Gasteiger partial charge in [-0.25, -0.2) is 0 Å². The van der Waals surface area contributed by atoms with Gasteiger partial charge in [-0.1, -0.05) is 18.2 Å². The summed E-state index contributed by atoms with van der Waals surface area (Å²) < 4.78 is 13.1.